The van der Waals surface area contributed by atoms with Gasteiger partial charge in [-0.25, -0.2) is 4.39 Å². The lowest BCUT2D eigenvalue weighted by molar-refractivity contribution is -0.120. The van der Waals surface area contributed by atoms with Crippen LogP contribution in [0.1, 0.15) is 63.8 Å². The van der Waals surface area contributed by atoms with Gasteiger partial charge in [-0.05, 0) is 60.7 Å². The molecule has 1 fully saturated rings. The molecule has 1 saturated carbocycles. The summed E-state index contributed by atoms with van der Waals surface area (Å²) in [5.41, 5.74) is 2.38. The summed E-state index contributed by atoms with van der Waals surface area (Å²) in [6, 6.07) is 11.1. The van der Waals surface area contributed by atoms with Crippen molar-refractivity contribution in [3.63, 3.8) is 0 Å². The first-order valence-corrected chi connectivity index (χ1v) is 12.1. The molecule has 0 amide bonds. The van der Waals surface area contributed by atoms with Gasteiger partial charge in [-0.1, -0.05) is 33.8 Å². The highest BCUT2D eigenvalue weighted by molar-refractivity contribution is 5.95. The number of carbonyl (C=O) groups is 1. The molecule has 1 aliphatic heterocycles. The first kappa shape index (κ1) is 22.9. The van der Waals surface area contributed by atoms with Crippen LogP contribution in [0.4, 0.5) is 4.39 Å². The van der Waals surface area contributed by atoms with E-state index in [0.29, 0.717) is 30.0 Å². The molecule has 1 atom stereocenters. The van der Waals surface area contributed by atoms with Crippen LogP contribution < -0.4 is 9.47 Å². The first-order chi connectivity index (χ1) is 16.1. The molecule has 0 saturated heterocycles. The number of nitrogens with zero attached hydrogens (tertiary/aromatic N) is 1. The average Bonchev–Trinajstić information content (AvgIpc) is 3.35. The number of ketones is 1. The van der Waals surface area contributed by atoms with Crippen LogP contribution in [-0.4, -0.2) is 28.4 Å². The molecule has 6 heteroatoms. The zero-order valence-electron chi connectivity index (χ0n) is 20.3. The maximum atomic E-state index is 15.3. The number of carbonyl (C=O) groups excluding carboxylic acids is 1. The van der Waals surface area contributed by atoms with Crippen LogP contribution in [0.25, 0.3) is 10.9 Å². The van der Waals surface area contributed by atoms with E-state index in [9.17, 15) is 9.90 Å². The molecule has 1 aliphatic carbocycles. The topological polar surface area (TPSA) is 60.7 Å². The second-order valence-electron chi connectivity index (χ2n) is 10.7. The fraction of sp³-hybridized carbons (Fsp3) is 0.464. The lowest BCUT2D eigenvalue weighted by atomic mass is 9.87. The molecule has 1 aromatic heterocycles. The zero-order chi connectivity index (χ0) is 24.3. The molecule has 2 aromatic carbocycles. The van der Waals surface area contributed by atoms with Crippen molar-refractivity contribution >= 4 is 16.7 Å². The van der Waals surface area contributed by atoms with Gasteiger partial charge in [0, 0.05) is 29.5 Å². The number of benzene rings is 2. The Morgan fingerprint density at radius 1 is 1.15 bits per heavy atom. The lowest BCUT2D eigenvalue weighted by Crippen LogP contribution is -2.23. The number of aromatic nitrogens is 1. The molecule has 0 radical (unpaired) electrons. The van der Waals surface area contributed by atoms with Crippen molar-refractivity contribution in [3.8, 4) is 11.5 Å². The smallest absolute Gasteiger partial charge is 0.231 e. The standard InChI is InChI=1S/C28H32FNO4/c1-5-20(31)15-30-22-14-21(29)17(10-18(22)11-25(30)27(2,3)4)12-26(32)28(8-9-28)19-6-7-23-24(13-19)34-16-33-23/h6-7,10-11,13-14,20,31H,5,8-9,12,15-16H2,1-4H3/t20-/m0/s1. The van der Waals surface area contributed by atoms with E-state index in [1.165, 1.54) is 6.07 Å². The number of hydrogen-bond donors (Lipinski definition) is 1. The summed E-state index contributed by atoms with van der Waals surface area (Å²) in [6.45, 7) is 8.87. The summed E-state index contributed by atoms with van der Waals surface area (Å²) in [6.07, 6.45) is 1.69. The van der Waals surface area contributed by atoms with Crippen molar-refractivity contribution in [3.05, 3.63) is 59.0 Å². The minimum absolute atomic E-state index is 0.0292. The van der Waals surface area contributed by atoms with Crippen LogP contribution in [0.3, 0.4) is 0 Å². The summed E-state index contributed by atoms with van der Waals surface area (Å²) >= 11 is 0. The predicted octanol–water partition coefficient (Wildman–Crippen LogP) is 5.42. The number of ether oxygens (including phenoxy) is 2. The molecular weight excluding hydrogens is 433 g/mol. The maximum Gasteiger partial charge on any atom is 0.231 e. The Morgan fingerprint density at radius 3 is 2.56 bits per heavy atom. The Balaban J connectivity index is 1.47. The van der Waals surface area contributed by atoms with Crippen molar-refractivity contribution in [2.75, 3.05) is 6.79 Å². The molecule has 0 unspecified atom stereocenters. The minimum Gasteiger partial charge on any atom is -0.454 e. The van der Waals surface area contributed by atoms with Crippen LogP contribution in [0.5, 0.6) is 11.5 Å². The van der Waals surface area contributed by atoms with Crippen molar-refractivity contribution in [1.29, 1.82) is 0 Å². The lowest BCUT2D eigenvalue weighted by Gasteiger charge is -2.23. The monoisotopic (exact) mass is 465 g/mol. The fourth-order valence-electron chi connectivity index (χ4n) is 5.01. The summed E-state index contributed by atoms with van der Waals surface area (Å²) in [5.74, 6) is 1.000. The number of aliphatic hydroxyl groups excluding tert-OH is 1. The second kappa shape index (κ2) is 8.12. The van der Waals surface area contributed by atoms with Crippen molar-refractivity contribution < 1.29 is 23.8 Å². The zero-order valence-corrected chi connectivity index (χ0v) is 20.3. The van der Waals surface area contributed by atoms with E-state index in [1.807, 2.05) is 35.8 Å². The Hall–Kier alpha value is -2.86. The molecule has 2 aliphatic rings. The highest BCUT2D eigenvalue weighted by atomic mass is 19.1. The second-order valence-corrected chi connectivity index (χ2v) is 10.7. The van der Waals surface area contributed by atoms with Crippen LogP contribution in [0, 0.1) is 5.82 Å². The molecular formula is C28H32FNO4. The molecule has 0 spiro atoms. The third-order valence-corrected chi connectivity index (χ3v) is 7.26. The molecule has 0 bridgehead atoms. The molecule has 2 heterocycles. The van der Waals surface area contributed by atoms with E-state index in [-0.39, 0.29) is 30.2 Å². The Labute approximate surface area is 199 Å². The molecule has 5 rings (SSSR count). The number of fused-ring (bicyclic) bond motifs is 2. The van der Waals surface area contributed by atoms with Crippen LogP contribution in [0.2, 0.25) is 0 Å². The normalized spacial score (nSPS) is 17.2. The van der Waals surface area contributed by atoms with Gasteiger partial charge in [0.2, 0.25) is 6.79 Å². The van der Waals surface area contributed by atoms with Gasteiger partial charge in [0.1, 0.15) is 11.6 Å². The van der Waals surface area contributed by atoms with Gasteiger partial charge in [0.15, 0.2) is 11.5 Å². The van der Waals surface area contributed by atoms with Crippen molar-refractivity contribution in [2.45, 2.75) is 76.9 Å². The Morgan fingerprint density at radius 2 is 1.88 bits per heavy atom. The maximum absolute atomic E-state index is 15.3. The Bertz CT molecular complexity index is 1270. The Kier molecular flexibility index (Phi) is 5.47. The summed E-state index contributed by atoms with van der Waals surface area (Å²) < 4.78 is 28.2. The summed E-state index contributed by atoms with van der Waals surface area (Å²) in [7, 11) is 0. The minimum atomic E-state index is -0.573. The number of aliphatic hydroxyl groups is 1. The van der Waals surface area contributed by atoms with E-state index >= 15 is 4.39 Å². The van der Waals surface area contributed by atoms with E-state index < -0.39 is 11.5 Å². The van der Waals surface area contributed by atoms with Gasteiger partial charge in [-0.2, -0.15) is 0 Å². The van der Waals surface area contributed by atoms with Gasteiger partial charge in [-0.15, -0.1) is 0 Å². The van der Waals surface area contributed by atoms with Crippen molar-refractivity contribution in [1.82, 2.24) is 4.57 Å². The molecule has 180 valence electrons. The third-order valence-electron chi connectivity index (χ3n) is 7.26. The quantitative estimate of drug-likeness (QED) is 0.506. The van der Waals surface area contributed by atoms with E-state index in [2.05, 4.69) is 26.8 Å². The van der Waals surface area contributed by atoms with Gasteiger partial charge in [-0.3, -0.25) is 4.79 Å². The largest absolute Gasteiger partial charge is 0.454 e. The molecule has 3 aromatic rings. The van der Waals surface area contributed by atoms with Crippen LogP contribution in [-0.2, 0) is 28.6 Å². The number of halogens is 1. The fourth-order valence-corrected chi connectivity index (χ4v) is 5.01. The van der Waals surface area contributed by atoms with Crippen LogP contribution in [0.15, 0.2) is 36.4 Å². The highest BCUT2D eigenvalue weighted by Gasteiger charge is 2.51. The molecule has 1 N–H and O–H groups in total. The third kappa shape index (κ3) is 3.88. The summed E-state index contributed by atoms with van der Waals surface area (Å²) in [4.78, 5) is 13.4. The van der Waals surface area contributed by atoms with Gasteiger partial charge >= 0.3 is 0 Å². The number of Topliss-reactive ketones (excluding diaryl/α,β-unsaturated/α-hetero) is 1. The van der Waals surface area contributed by atoms with Gasteiger partial charge in [0.05, 0.1) is 17.0 Å². The van der Waals surface area contributed by atoms with Gasteiger partial charge in [0.25, 0.3) is 0 Å². The first-order valence-electron chi connectivity index (χ1n) is 12.1. The van der Waals surface area contributed by atoms with Gasteiger partial charge < -0.3 is 19.1 Å². The summed E-state index contributed by atoms with van der Waals surface area (Å²) in [5, 5.41) is 11.2. The molecule has 34 heavy (non-hydrogen) atoms. The van der Waals surface area contributed by atoms with Crippen molar-refractivity contribution in [2.24, 2.45) is 0 Å². The number of rotatable bonds is 7. The van der Waals surface area contributed by atoms with E-state index in [4.69, 9.17) is 9.47 Å². The van der Waals surface area contributed by atoms with E-state index in [0.717, 1.165) is 35.0 Å². The molecule has 5 nitrogen and oxygen atoms in total. The van der Waals surface area contributed by atoms with E-state index in [1.54, 1.807) is 0 Å². The highest BCUT2D eigenvalue weighted by Crippen LogP contribution is 2.51. The number of hydrogen-bond acceptors (Lipinski definition) is 4. The average molecular weight is 466 g/mol. The SMILES string of the molecule is CC[C@H](O)Cn1c(C(C)(C)C)cc2cc(CC(=O)C3(c4ccc5c(c4)OCO5)CC3)c(F)cc21. The van der Waals surface area contributed by atoms with Crippen LogP contribution >= 0.6 is 0 Å². The predicted molar refractivity (Wildman–Crippen MR) is 129 cm³/mol.